The molecule has 0 aromatic carbocycles. The van der Waals surface area contributed by atoms with Gasteiger partial charge in [0.15, 0.2) is 0 Å². The van der Waals surface area contributed by atoms with Crippen molar-refractivity contribution in [1.82, 2.24) is 0 Å². The summed E-state index contributed by atoms with van der Waals surface area (Å²) in [5.41, 5.74) is 0. The van der Waals surface area contributed by atoms with Crippen LogP contribution in [0.2, 0.25) is 0 Å². The van der Waals surface area contributed by atoms with E-state index in [2.05, 4.69) is 6.92 Å². The molecule has 1 saturated carbocycles. The lowest BCUT2D eigenvalue weighted by Gasteiger charge is -2.00. The van der Waals surface area contributed by atoms with E-state index in [-0.39, 0.29) is 6.10 Å². The quantitative estimate of drug-likeness (QED) is 0.546. The summed E-state index contributed by atoms with van der Waals surface area (Å²) in [4.78, 5) is 0. The zero-order valence-electron chi connectivity index (χ0n) is 5.35. The number of rotatable bonds is 1. The summed E-state index contributed by atoms with van der Waals surface area (Å²) in [6.07, 6.45) is 4.29. The zero-order valence-corrected chi connectivity index (χ0v) is 5.35. The van der Waals surface area contributed by atoms with Crippen LogP contribution < -0.4 is 0 Å². The van der Waals surface area contributed by atoms with Gasteiger partial charge in [0.25, 0.3) is 0 Å². The minimum Gasteiger partial charge on any atom is -0.393 e. The normalized spacial score (nSPS) is 31.5. The maximum atomic E-state index is 9.01. The van der Waals surface area contributed by atoms with Crippen LogP contribution in [0.5, 0.6) is 0 Å². The summed E-state index contributed by atoms with van der Waals surface area (Å²) in [5.74, 6) is 1.54. The van der Waals surface area contributed by atoms with Crippen LogP contribution in [0.3, 0.4) is 0 Å². The largest absolute Gasteiger partial charge is 0.393 e. The Labute approximate surface area is 50.7 Å². The molecule has 47 valence electrons. The van der Waals surface area contributed by atoms with Gasteiger partial charge in [-0.15, -0.1) is 0 Å². The summed E-state index contributed by atoms with van der Waals surface area (Å²) in [7, 11) is 0. The Morgan fingerprint density at radius 3 is 2.75 bits per heavy atom. The van der Waals surface area contributed by atoms with Crippen LogP contribution in [0.15, 0.2) is 0 Å². The molecule has 8 heavy (non-hydrogen) atoms. The van der Waals surface area contributed by atoms with Crippen LogP contribution in [-0.2, 0) is 0 Å². The molecule has 0 aromatic heterocycles. The van der Waals surface area contributed by atoms with E-state index in [4.69, 9.17) is 5.11 Å². The van der Waals surface area contributed by atoms with E-state index in [1.165, 1.54) is 5.92 Å². The number of hydrogen-bond acceptors (Lipinski definition) is 1. The van der Waals surface area contributed by atoms with Crippen LogP contribution in [-0.4, -0.2) is 11.2 Å². The predicted octanol–water partition coefficient (Wildman–Crippen LogP) is 1.52. The van der Waals surface area contributed by atoms with Crippen molar-refractivity contribution in [1.29, 1.82) is 0 Å². The molecular weight excluding hydrogens is 100 g/mol. The molecule has 1 unspecified atom stereocenters. The highest BCUT2D eigenvalue weighted by molar-refractivity contribution is 4.96. The molecule has 1 aliphatic rings. The average molecular weight is 113 g/mol. The first-order valence-corrected chi connectivity index (χ1v) is 3.34. The summed E-state index contributed by atoms with van der Waals surface area (Å²) in [5, 5.41) is 9.01. The van der Waals surface area contributed by atoms with E-state index in [9.17, 15) is 0 Å². The molecule has 1 fully saturated rings. The fourth-order valence-corrected chi connectivity index (χ4v) is 1.23. The fraction of sp³-hybridized carbons (Fsp3) is 0.857. The number of aliphatic hydroxyl groups excluding tert-OH is 1. The maximum Gasteiger partial charge on any atom is 0.0546 e. The van der Waals surface area contributed by atoms with Crippen molar-refractivity contribution in [3.63, 3.8) is 0 Å². The second-order valence-electron chi connectivity index (χ2n) is 2.50. The molecule has 1 N–H and O–H groups in total. The fourth-order valence-electron chi connectivity index (χ4n) is 1.23. The van der Waals surface area contributed by atoms with Crippen molar-refractivity contribution in [2.45, 2.75) is 38.7 Å². The van der Waals surface area contributed by atoms with Crippen LogP contribution >= 0.6 is 0 Å². The molecular formula is C7H13O. The first kappa shape index (κ1) is 6.09. The van der Waals surface area contributed by atoms with E-state index in [0.29, 0.717) is 0 Å². The molecule has 1 nitrogen and oxygen atoms in total. The van der Waals surface area contributed by atoms with Gasteiger partial charge in [-0.05, 0) is 31.6 Å². The Kier molecular flexibility index (Phi) is 1.90. The molecule has 1 heteroatoms. The second-order valence-corrected chi connectivity index (χ2v) is 2.50. The Bertz CT molecular complexity index is 70.8. The van der Waals surface area contributed by atoms with Crippen LogP contribution in [0, 0.1) is 5.92 Å². The van der Waals surface area contributed by atoms with Gasteiger partial charge in [-0.1, -0.05) is 6.92 Å². The maximum absolute atomic E-state index is 9.01. The molecule has 1 rings (SSSR count). The smallest absolute Gasteiger partial charge is 0.0546 e. The van der Waals surface area contributed by atoms with Gasteiger partial charge < -0.3 is 5.11 Å². The summed E-state index contributed by atoms with van der Waals surface area (Å²) in [6, 6.07) is 0. The third kappa shape index (κ3) is 1.22. The van der Waals surface area contributed by atoms with Gasteiger partial charge in [-0.3, -0.25) is 0 Å². The summed E-state index contributed by atoms with van der Waals surface area (Å²) < 4.78 is 0. The highest BCUT2D eigenvalue weighted by Crippen LogP contribution is 2.29. The van der Waals surface area contributed by atoms with Gasteiger partial charge in [0.05, 0.1) is 6.10 Å². The molecule has 0 heterocycles. The van der Waals surface area contributed by atoms with Crippen molar-refractivity contribution in [3.05, 3.63) is 5.92 Å². The van der Waals surface area contributed by atoms with E-state index < -0.39 is 0 Å². The van der Waals surface area contributed by atoms with E-state index in [0.717, 1.165) is 25.7 Å². The van der Waals surface area contributed by atoms with Gasteiger partial charge in [0.2, 0.25) is 0 Å². The second kappa shape index (κ2) is 2.49. The molecule has 0 aliphatic heterocycles. The van der Waals surface area contributed by atoms with E-state index >= 15 is 0 Å². The number of aliphatic hydroxyl groups is 1. The summed E-state index contributed by atoms with van der Waals surface area (Å²) >= 11 is 0. The average Bonchev–Trinajstić information content (AvgIpc) is 2.14. The van der Waals surface area contributed by atoms with E-state index in [1.807, 2.05) is 0 Å². The van der Waals surface area contributed by atoms with Crippen molar-refractivity contribution in [2.24, 2.45) is 0 Å². The SMILES string of the molecule is CC[C]1CCC(O)C1. The Hall–Kier alpha value is -0.0400. The monoisotopic (exact) mass is 113 g/mol. The summed E-state index contributed by atoms with van der Waals surface area (Å²) in [6.45, 7) is 2.16. The van der Waals surface area contributed by atoms with Crippen LogP contribution in [0.25, 0.3) is 0 Å². The molecule has 0 aromatic rings. The lowest BCUT2D eigenvalue weighted by atomic mass is 10.1. The minimum atomic E-state index is -0.00931. The van der Waals surface area contributed by atoms with E-state index in [1.54, 1.807) is 0 Å². The topological polar surface area (TPSA) is 20.2 Å². The van der Waals surface area contributed by atoms with Gasteiger partial charge in [-0.2, -0.15) is 0 Å². The van der Waals surface area contributed by atoms with Crippen molar-refractivity contribution in [3.8, 4) is 0 Å². The van der Waals surface area contributed by atoms with Gasteiger partial charge in [-0.25, -0.2) is 0 Å². The molecule has 1 aliphatic carbocycles. The number of hydrogen-bond donors (Lipinski definition) is 1. The molecule has 1 radical (unpaired) electrons. The van der Waals surface area contributed by atoms with Crippen LogP contribution in [0.4, 0.5) is 0 Å². The van der Waals surface area contributed by atoms with Gasteiger partial charge >= 0.3 is 0 Å². The molecule has 0 saturated heterocycles. The highest BCUT2D eigenvalue weighted by atomic mass is 16.3. The Morgan fingerprint density at radius 2 is 2.50 bits per heavy atom. The third-order valence-electron chi connectivity index (χ3n) is 1.86. The minimum absolute atomic E-state index is 0.00931. The molecule has 0 amide bonds. The van der Waals surface area contributed by atoms with Gasteiger partial charge in [0.1, 0.15) is 0 Å². The molecule has 0 spiro atoms. The van der Waals surface area contributed by atoms with Crippen molar-refractivity contribution >= 4 is 0 Å². The molecule has 0 bridgehead atoms. The lowest BCUT2D eigenvalue weighted by Crippen LogP contribution is -1.97. The van der Waals surface area contributed by atoms with Crippen LogP contribution in [0.1, 0.15) is 32.6 Å². The highest BCUT2D eigenvalue weighted by Gasteiger charge is 2.20. The van der Waals surface area contributed by atoms with Crippen molar-refractivity contribution in [2.75, 3.05) is 0 Å². The van der Waals surface area contributed by atoms with Crippen molar-refractivity contribution < 1.29 is 5.11 Å². The predicted molar refractivity (Wildman–Crippen MR) is 33.4 cm³/mol. The Morgan fingerprint density at radius 1 is 1.75 bits per heavy atom. The van der Waals surface area contributed by atoms with Gasteiger partial charge in [0, 0.05) is 0 Å². The Balaban J connectivity index is 2.22. The first-order valence-electron chi connectivity index (χ1n) is 3.34. The standard InChI is InChI=1S/C7H13O/c1-2-6-3-4-7(8)5-6/h7-8H,2-5H2,1H3. The first-order chi connectivity index (χ1) is 3.83. The molecule has 1 atom stereocenters. The third-order valence-corrected chi connectivity index (χ3v) is 1.86. The lowest BCUT2D eigenvalue weighted by molar-refractivity contribution is 0.184. The zero-order chi connectivity index (χ0) is 5.98.